The number of β-lactam (4-membered cyclic amide) rings is 1. The molecule has 2 aliphatic heterocycles. The lowest BCUT2D eigenvalue weighted by Crippen LogP contribution is -2.71. The summed E-state index contributed by atoms with van der Waals surface area (Å²) in [5.41, 5.74) is 6.68. The second kappa shape index (κ2) is 12.2. The Bertz CT molecular complexity index is 1650. The van der Waals surface area contributed by atoms with Gasteiger partial charge in [-0.25, -0.2) is 24.1 Å². The Morgan fingerprint density at radius 1 is 1.36 bits per heavy atom. The van der Waals surface area contributed by atoms with Crippen LogP contribution in [0.2, 0.25) is 0 Å². The Balaban J connectivity index is 1.30. The fourth-order valence-electron chi connectivity index (χ4n) is 4.09. The lowest BCUT2D eigenvalue weighted by molar-refractivity contribution is -0.692. The lowest BCUT2D eigenvalue weighted by Gasteiger charge is -2.49. The van der Waals surface area contributed by atoms with Crippen molar-refractivity contribution in [3.8, 4) is 0 Å². The molecule has 42 heavy (non-hydrogen) atoms. The van der Waals surface area contributed by atoms with E-state index in [1.807, 2.05) is 30.0 Å². The molecule has 2 aliphatic rings. The molecule has 2 amide bonds. The third-order valence-electron chi connectivity index (χ3n) is 6.27. The molecule has 5 N–H and O–H groups in total. The number of aliphatic carboxylic acids is 2. The molecule has 3 aromatic rings. The van der Waals surface area contributed by atoms with E-state index in [9.17, 15) is 24.3 Å². The lowest BCUT2D eigenvalue weighted by atomic mass is 10.0. The number of hydrogen-bond donors (Lipinski definition) is 4. The average Bonchev–Trinajstić information content (AvgIpc) is 3.58. The van der Waals surface area contributed by atoms with Crippen LogP contribution >= 0.6 is 46.2 Å². The normalized spacial score (nSPS) is 19.3. The van der Waals surface area contributed by atoms with Gasteiger partial charge in [-0.05, 0) is 19.4 Å². The first kappa shape index (κ1) is 29.7. The number of carbonyl (C=O) groups is 4. The van der Waals surface area contributed by atoms with Gasteiger partial charge >= 0.3 is 11.9 Å². The van der Waals surface area contributed by atoms with E-state index in [1.54, 1.807) is 0 Å². The number of pyridine rings is 1. The molecule has 5 heterocycles. The highest BCUT2D eigenvalue weighted by Gasteiger charge is 2.54. The predicted molar refractivity (Wildman–Crippen MR) is 157 cm³/mol. The Morgan fingerprint density at radius 2 is 2.14 bits per heavy atom. The maximum absolute atomic E-state index is 13.2. The van der Waals surface area contributed by atoms with Crippen molar-refractivity contribution in [3.63, 3.8) is 0 Å². The molecule has 3 aromatic heterocycles. The molecule has 18 heteroatoms. The van der Waals surface area contributed by atoms with Gasteiger partial charge in [-0.15, -0.1) is 34.4 Å². The Morgan fingerprint density at radius 3 is 2.81 bits per heavy atom. The molecule has 0 radical (unpaired) electrons. The highest BCUT2D eigenvalue weighted by atomic mass is 32.2. The van der Waals surface area contributed by atoms with Crippen molar-refractivity contribution in [2.75, 3.05) is 17.2 Å². The molecule has 5 rings (SSSR count). The predicted octanol–water partition coefficient (Wildman–Crippen LogP) is 1.37. The van der Waals surface area contributed by atoms with Crippen LogP contribution in [0.4, 0.5) is 5.13 Å². The average molecular weight is 651 g/mol. The number of rotatable bonds is 11. The summed E-state index contributed by atoms with van der Waals surface area (Å²) in [7, 11) is 0. The summed E-state index contributed by atoms with van der Waals surface area (Å²) in [5, 5.41) is 26.2. The van der Waals surface area contributed by atoms with Crippen LogP contribution < -0.4 is 15.6 Å². The number of carboxylic acid groups (broad SMARTS) is 2. The van der Waals surface area contributed by atoms with Crippen LogP contribution in [0, 0.1) is 0 Å². The molecule has 1 unspecified atom stereocenters. The fraction of sp³-hybridized carbons (Fsp3) is 0.333. The minimum absolute atomic E-state index is 0.0392. The number of amides is 2. The van der Waals surface area contributed by atoms with E-state index in [4.69, 9.17) is 15.7 Å². The van der Waals surface area contributed by atoms with Crippen molar-refractivity contribution in [3.05, 3.63) is 40.8 Å². The topological polar surface area (TPSA) is 201 Å². The third-order valence-corrected chi connectivity index (χ3v) is 10.5. The Hall–Kier alpha value is -3.74. The van der Waals surface area contributed by atoms with Crippen LogP contribution in [0.1, 0.15) is 19.5 Å². The van der Waals surface area contributed by atoms with Crippen LogP contribution in [0.5, 0.6) is 0 Å². The first-order valence-corrected chi connectivity index (χ1v) is 16.1. The molecular weight excluding hydrogens is 627 g/mol. The van der Waals surface area contributed by atoms with E-state index in [2.05, 4.69) is 20.4 Å². The van der Waals surface area contributed by atoms with Crippen LogP contribution in [0.15, 0.2) is 44.6 Å². The Kier molecular flexibility index (Phi) is 8.67. The van der Waals surface area contributed by atoms with Gasteiger partial charge in [0, 0.05) is 23.0 Å². The quantitative estimate of drug-likeness (QED) is 0.0765. The number of nitrogens with one attached hydrogen (secondary N) is 1. The summed E-state index contributed by atoms with van der Waals surface area (Å²) in [5.74, 6) is -3.32. The number of aromatic nitrogens is 3. The van der Waals surface area contributed by atoms with Gasteiger partial charge in [-0.1, -0.05) is 16.9 Å². The maximum Gasteiger partial charge on any atom is 0.352 e. The second-order valence-corrected chi connectivity index (χ2v) is 13.3. The molecule has 3 atom stereocenters. The van der Waals surface area contributed by atoms with E-state index in [1.165, 1.54) is 52.1 Å². The van der Waals surface area contributed by atoms with Gasteiger partial charge in [0.2, 0.25) is 6.10 Å². The summed E-state index contributed by atoms with van der Waals surface area (Å²) in [6.45, 7) is 4.09. The van der Waals surface area contributed by atoms with Crippen LogP contribution in [-0.4, -0.2) is 83.6 Å². The van der Waals surface area contributed by atoms with Crippen LogP contribution in [-0.2, 0) is 30.6 Å². The fourth-order valence-corrected chi connectivity index (χ4v) is 8.16. The van der Waals surface area contributed by atoms with Gasteiger partial charge in [0.25, 0.3) is 11.8 Å². The number of nitrogens with zero attached hydrogens (tertiary/aromatic N) is 5. The van der Waals surface area contributed by atoms with Crippen molar-refractivity contribution < 1.29 is 38.8 Å². The first-order valence-electron chi connectivity index (χ1n) is 12.4. The number of oxime groups is 1. The molecule has 1 fully saturated rings. The third kappa shape index (κ3) is 5.92. The molecule has 0 bridgehead atoms. The van der Waals surface area contributed by atoms with Crippen LogP contribution in [0.3, 0.4) is 0 Å². The van der Waals surface area contributed by atoms with Crippen molar-refractivity contribution in [2.24, 2.45) is 5.16 Å². The summed E-state index contributed by atoms with van der Waals surface area (Å²) in [6.07, 6.45) is 2.59. The van der Waals surface area contributed by atoms with E-state index in [0.717, 1.165) is 32.4 Å². The molecule has 0 aromatic carbocycles. The van der Waals surface area contributed by atoms with Gasteiger partial charge < -0.3 is 26.1 Å². The smallest absolute Gasteiger partial charge is 0.352 e. The summed E-state index contributed by atoms with van der Waals surface area (Å²) < 4.78 is 3.84. The van der Waals surface area contributed by atoms with Gasteiger partial charge in [0.1, 0.15) is 34.9 Å². The number of hydrogen-bond acceptors (Lipinski definition) is 13. The monoisotopic (exact) mass is 650 g/mol. The van der Waals surface area contributed by atoms with Crippen molar-refractivity contribution >= 4 is 91.0 Å². The van der Waals surface area contributed by atoms with Gasteiger partial charge in [-0.2, -0.15) is 0 Å². The number of nitrogen functional groups attached to an aromatic ring is 1. The summed E-state index contributed by atoms with van der Waals surface area (Å²) >= 11 is 5.29. The maximum atomic E-state index is 13.2. The number of aryl methyl sites for hydroxylation is 1. The zero-order valence-corrected chi connectivity index (χ0v) is 25.3. The first-order chi connectivity index (χ1) is 20.1. The molecular formula is C24H24N7O7S4+. The zero-order valence-electron chi connectivity index (χ0n) is 22.0. The number of thioether (sulfide) groups is 2. The highest BCUT2D eigenvalue weighted by molar-refractivity contribution is 8.02. The van der Waals surface area contributed by atoms with Crippen LogP contribution in [0.25, 0.3) is 10.2 Å². The molecule has 14 nitrogen and oxygen atoms in total. The number of nitrogens with two attached hydrogens (primary N) is 1. The number of carboxylic acids is 2. The number of fused-ring (bicyclic) bond motifs is 2. The minimum atomic E-state index is -1.35. The second-order valence-electron chi connectivity index (χ2n) is 9.01. The summed E-state index contributed by atoms with van der Waals surface area (Å²) in [4.78, 5) is 64.5. The van der Waals surface area contributed by atoms with Gasteiger partial charge in [0.15, 0.2) is 27.6 Å². The zero-order chi connectivity index (χ0) is 30.1. The SMILES string of the molecule is CC[n+]1ccc2sc(SCC3=C(C(=O)O)N4C(=O)C(NC(=O)/C(=N\O[C@@H](C)C(=O)O)c5csc(N)n5)[C@@H]4SC3)nc2c1. The number of carbonyl (C=O) groups excluding carboxylic acids is 2. The minimum Gasteiger partial charge on any atom is -0.478 e. The number of thiazole rings is 2. The number of anilines is 1. The van der Waals surface area contributed by atoms with Crippen molar-refractivity contribution in [2.45, 2.75) is 42.3 Å². The standard InChI is InChI=1S/C24H23N7O7S4/c1-3-30-5-4-14-12(6-30)27-24(42-14)41-8-11-7-39-20-16(19(33)31(20)17(11)22(36)37)28-18(32)15(13-9-40-23(25)26-13)29-38-10(2)21(34)35/h4-6,9-10,16,20H,3,7-8H2,1-2H3,(H4-,25,26,28,32,34,35,36,37)/p+1/b29-15-/t10-,16?,20-/m0/s1. The molecule has 0 saturated carbocycles. The van der Waals surface area contributed by atoms with Crippen molar-refractivity contribution in [1.82, 2.24) is 20.2 Å². The molecule has 0 aliphatic carbocycles. The van der Waals surface area contributed by atoms with E-state index >= 15 is 0 Å². The van der Waals surface area contributed by atoms with E-state index in [0.29, 0.717) is 17.1 Å². The highest BCUT2D eigenvalue weighted by Crippen LogP contribution is 2.42. The van der Waals surface area contributed by atoms with E-state index in [-0.39, 0.29) is 22.2 Å². The van der Waals surface area contributed by atoms with Crippen molar-refractivity contribution in [1.29, 1.82) is 0 Å². The Labute approximate surface area is 254 Å². The molecule has 220 valence electrons. The summed E-state index contributed by atoms with van der Waals surface area (Å²) in [6, 6.07) is 0.952. The van der Waals surface area contributed by atoms with Gasteiger partial charge in [-0.3, -0.25) is 14.5 Å². The molecule has 0 spiro atoms. The van der Waals surface area contributed by atoms with E-state index < -0.39 is 41.3 Å². The largest absolute Gasteiger partial charge is 0.478 e. The molecule has 1 saturated heterocycles. The van der Waals surface area contributed by atoms with Gasteiger partial charge in [0.05, 0.1) is 4.70 Å².